The zero-order chi connectivity index (χ0) is 16.5. The fourth-order valence-corrected chi connectivity index (χ4v) is 3.45. The lowest BCUT2D eigenvalue weighted by Crippen LogP contribution is -2.37. The molecule has 0 aliphatic carbocycles. The molecule has 4 nitrogen and oxygen atoms in total. The highest BCUT2D eigenvalue weighted by atomic mass is 32.2. The van der Waals surface area contributed by atoms with Crippen LogP contribution in [0.25, 0.3) is 0 Å². The number of benzene rings is 1. The van der Waals surface area contributed by atoms with Gasteiger partial charge in [0.25, 0.3) is 0 Å². The number of hydrogen-bond donors (Lipinski definition) is 2. The maximum atomic E-state index is 12.8. The third-order valence-corrected chi connectivity index (χ3v) is 5.21. The molecule has 0 atom stereocenters. The molecular weight excluding hydrogens is 331 g/mol. The van der Waals surface area contributed by atoms with Crippen molar-refractivity contribution in [2.24, 2.45) is 4.99 Å². The Labute approximate surface area is 144 Å². The number of rotatable bonds is 7. The van der Waals surface area contributed by atoms with E-state index < -0.39 is 0 Å². The molecule has 0 saturated carbocycles. The molecule has 2 aromatic rings. The van der Waals surface area contributed by atoms with Crippen molar-refractivity contribution in [1.29, 1.82) is 0 Å². The van der Waals surface area contributed by atoms with Gasteiger partial charge in [-0.15, -0.1) is 23.1 Å². The lowest BCUT2D eigenvalue weighted by atomic mass is 10.4. The quantitative estimate of drug-likeness (QED) is 0.347. The molecule has 0 radical (unpaired) electrons. The third-order valence-electron chi connectivity index (χ3n) is 3.18. The summed E-state index contributed by atoms with van der Waals surface area (Å²) in [5.74, 6) is 1.58. The number of aryl methyl sites for hydroxylation is 1. The number of thiazole rings is 1. The number of aromatic nitrogens is 1. The molecule has 2 N–H and O–H groups in total. The monoisotopic (exact) mass is 352 g/mol. The van der Waals surface area contributed by atoms with E-state index in [1.165, 1.54) is 17.0 Å². The van der Waals surface area contributed by atoms with Crippen LogP contribution < -0.4 is 10.6 Å². The van der Waals surface area contributed by atoms with E-state index in [9.17, 15) is 4.39 Å². The van der Waals surface area contributed by atoms with Crippen LogP contribution in [0.15, 0.2) is 39.7 Å². The summed E-state index contributed by atoms with van der Waals surface area (Å²) in [5, 5.41) is 6.58. The highest BCUT2D eigenvalue weighted by molar-refractivity contribution is 7.99. The van der Waals surface area contributed by atoms with Crippen molar-refractivity contribution in [1.82, 2.24) is 15.6 Å². The largest absolute Gasteiger partial charge is 0.356 e. The molecule has 7 heteroatoms. The molecule has 1 aromatic heterocycles. The lowest BCUT2D eigenvalue weighted by molar-refractivity contribution is 0.626. The Kier molecular flexibility index (Phi) is 7.35. The predicted molar refractivity (Wildman–Crippen MR) is 96.8 cm³/mol. The summed E-state index contributed by atoms with van der Waals surface area (Å²) in [7, 11) is 1.77. The zero-order valence-corrected chi connectivity index (χ0v) is 14.9. The molecule has 0 saturated heterocycles. The van der Waals surface area contributed by atoms with Crippen molar-refractivity contribution in [3.63, 3.8) is 0 Å². The van der Waals surface area contributed by atoms with Crippen molar-refractivity contribution < 1.29 is 4.39 Å². The van der Waals surface area contributed by atoms with Gasteiger partial charge in [-0.3, -0.25) is 4.99 Å². The number of aliphatic imine (C=N–C) groups is 1. The third kappa shape index (κ3) is 6.19. The van der Waals surface area contributed by atoms with Gasteiger partial charge in [0, 0.05) is 23.4 Å². The van der Waals surface area contributed by atoms with Gasteiger partial charge >= 0.3 is 0 Å². The smallest absolute Gasteiger partial charge is 0.191 e. The van der Waals surface area contributed by atoms with Gasteiger partial charge in [0.15, 0.2) is 5.96 Å². The van der Waals surface area contributed by atoms with Crippen molar-refractivity contribution in [3.05, 3.63) is 46.2 Å². The molecule has 2 rings (SSSR count). The summed E-state index contributed by atoms with van der Waals surface area (Å²) in [4.78, 5) is 10.8. The van der Waals surface area contributed by atoms with E-state index in [0.29, 0.717) is 0 Å². The number of thioether (sulfide) groups is 1. The van der Waals surface area contributed by atoms with Crippen molar-refractivity contribution in [2.75, 3.05) is 19.3 Å². The van der Waals surface area contributed by atoms with Crippen LogP contribution in [0, 0.1) is 12.7 Å². The normalized spacial score (nSPS) is 11.5. The van der Waals surface area contributed by atoms with E-state index in [-0.39, 0.29) is 5.82 Å². The second-order valence-corrected chi connectivity index (χ2v) is 6.98. The Hall–Kier alpha value is -1.60. The zero-order valence-electron chi connectivity index (χ0n) is 13.3. The molecule has 0 unspecified atom stereocenters. The average molecular weight is 353 g/mol. The Balaban J connectivity index is 1.62. The SMILES string of the molecule is CN=C(NCCCSc1ccc(F)cc1)NCc1scnc1C. The molecular formula is C16H21FN4S2. The maximum absolute atomic E-state index is 12.8. The molecule has 0 aliphatic heterocycles. The van der Waals surface area contributed by atoms with E-state index in [0.717, 1.165) is 41.8 Å². The van der Waals surface area contributed by atoms with Crippen LogP contribution in [0.3, 0.4) is 0 Å². The number of nitrogens with one attached hydrogen (secondary N) is 2. The molecule has 0 amide bonds. The van der Waals surface area contributed by atoms with Crippen molar-refractivity contribution >= 4 is 29.1 Å². The second kappa shape index (κ2) is 9.52. The first-order valence-corrected chi connectivity index (χ1v) is 9.27. The van der Waals surface area contributed by atoms with E-state index in [4.69, 9.17) is 0 Å². The van der Waals surface area contributed by atoms with Gasteiger partial charge in [-0.2, -0.15) is 0 Å². The predicted octanol–water partition coefficient (Wildman–Crippen LogP) is 3.44. The summed E-state index contributed by atoms with van der Waals surface area (Å²) in [6, 6.07) is 6.61. The first kappa shape index (κ1) is 17.7. The number of hydrogen-bond acceptors (Lipinski definition) is 4. The minimum absolute atomic E-state index is 0.193. The summed E-state index contributed by atoms with van der Waals surface area (Å²) >= 11 is 3.37. The highest BCUT2D eigenvalue weighted by Gasteiger charge is 2.03. The number of guanidine groups is 1. The molecule has 23 heavy (non-hydrogen) atoms. The lowest BCUT2D eigenvalue weighted by Gasteiger charge is -2.11. The summed E-state index contributed by atoms with van der Waals surface area (Å²) in [5.41, 5.74) is 2.92. The van der Waals surface area contributed by atoms with Crippen LogP contribution in [0.5, 0.6) is 0 Å². The summed E-state index contributed by atoms with van der Waals surface area (Å²) < 4.78 is 12.8. The van der Waals surface area contributed by atoms with E-state index >= 15 is 0 Å². The molecule has 1 heterocycles. The van der Waals surface area contributed by atoms with Crippen LogP contribution in [-0.2, 0) is 6.54 Å². The van der Waals surface area contributed by atoms with Crippen molar-refractivity contribution in [3.8, 4) is 0 Å². The van der Waals surface area contributed by atoms with E-state index in [1.54, 1.807) is 30.1 Å². The average Bonchev–Trinajstić information content (AvgIpc) is 2.97. The van der Waals surface area contributed by atoms with Crippen LogP contribution in [0.2, 0.25) is 0 Å². The van der Waals surface area contributed by atoms with Crippen LogP contribution in [-0.4, -0.2) is 30.3 Å². The molecule has 124 valence electrons. The second-order valence-electron chi connectivity index (χ2n) is 4.87. The van der Waals surface area contributed by atoms with Crippen LogP contribution in [0.4, 0.5) is 4.39 Å². The molecule has 0 fully saturated rings. The molecule has 1 aromatic carbocycles. The van der Waals surface area contributed by atoms with Gasteiger partial charge in [0.2, 0.25) is 0 Å². The van der Waals surface area contributed by atoms with Gasteiger partial charge in [0.05, 0.1) is 17.7 Å². The standard InChI is InChI=1S/C16H21FN4S2/c1-12-15(23-11-21-12)10-20-16(18-2)19-8-3-9-22-14-6-4-13(17)5-7-14/h4-7,11H,3,8-10H2,1-2H3,(H2,18,19,20). The number of halogens is 1. The van der Waals surface area contributed by atoms with Gasteiger partial charge < -0.3 is 10.6 Å². The Morgan fingerprint density at radius 1 is 1.30 bits per heavy atom. The molecule has 0 bridgehead atoms. The van der Waals surface area contributed by atoms with Gasteiger partial charge in [-0.25, -0.2) is 9.37 Å². The number of nitrogens with zero attached hydrogens (tertiary/aromatic N) is 2. The van der Waals surface area contributed by atoms with Crippen molar-refractivity contribution in [2.45, 2.75) is 24.8 Å². The molecule has 0 aliphatic rings. The van der Waals surface area contributed by atoms with Crippen LogP contribution in [0.1, 0.15) is 17.0 Å². The summed E-state index contributed by atoms with van der Waals surface area (Å²) in [6.07, 6.45) is 1.00. The highest BCUT2D eigenvalue weighted by Crippen LogP contribution is 2.18. The minimum atomic E-state index is -0.193. The van der Waals surface area contributed by atoms with Gasteiger partial charge in [-0.1, -0.05) is 0 Å². The van der Waals surface area contributed by atoms with Gasteiger partial charge in [0.1, 0.15) is 5.82 Å². The minimum Gasteiger partial charge on any atom is -0.356 e. The molecule has 0 spiro atoms. The van der Waals surface area contributed by atoms with Gasteiger partial charge in [-0.05, 0) is 43.4 Å². The fourth-order valence-electron chi connectivity index (χ4n) is 1.88. The van der Waals surface area contributed by atoms with E-state index in [1.807, 2.05) is 24.6 Å². The fraction of sp³-hybridized carbons (Fsp3) is 0.375. The Morgan fingerprint density at radius 2 is 2.09 bits per heavy atom. The van der Waals surface area contributed by atoms with Crippen LogP contribution >= 0.6 is 23.1 Å². The first-order valence-electron chi connectivity index (χ1n) is 7.41. The summed E-state index contributed by atoms with van der Waals surface area (Å²) in [6.45, 7) is 3.59. The maximum Gasteiger partial charge on any atom is 0.191 e. The Bertz CT molecular complexity index is 625. The topological polar surface area (TPSA) is 49.3 Å². The Morgan fingerprint density at radius 3 is 2.74 bits per heavy atom. The van der Waals surface area contributed by atoms with E-state index in [2.05, 4.69) is 20.6 Å². The first-order chi connectivity index (χ1) is 11.2.